The standard InChI is InChI=1S/C19H20N4O3/c1-4-18-21-19-20-15-7-11(8-16(24)14(15)10-23(19)22-18)13-6-5-12(25-2)9-17(13)26-3/h5-6,9-11H,4,7-8H2,1-3H3/t11-/m0/s1. The van der Waals surface area contributed by atoms with Gasteiger partial charge in [0.05, 0.1) is 25.5 Å². The monoisotopic (exact) mass is 352 g/mol. The van der Waals surface area contributed by atoms with Gasteiger partial charge in [-0.05, 0) is 18.1 Å². The van der Waals surface area contributed by atoms with Gasteiger partial charge >= 0.3 is 0 Å². The SMILES string of the molecule is CCc1nc2nc3c(cn2n1)C(=O)C[C@@H](c1ccc(OC)cc1OC)C3. The van der Waals surface area contributed by atoms with Crippen LogP contribution in [0.4, 0.5) is 0 Å². The first-order chi connectivity index (χ1) is 12.6. The normalized spacial score (nSPS) is 16.6. The van der Waals surface area contributed by atoms with E-state index in [0.717, 1.165) is 35.0 Å². The van der Waals surface area contributed by atoms with E-state index in [9.17, 15) is 4.79 Å². The Bertz CT molecular complexity index is 996. The van der Waals surface area contributed by atoms with Crippen LogP contribution in [-0.2, 0) is 12.8 Å². The average molecular weight is 352 g/mol. The van der Waals surface area contributed by atoms with Gasteiger partial charge in [0.2, 0.25) is 0 Å². The molecule has 0 aliphatic heterocycles. The number of fused-ring (bicyclic) bond motifs is 2. The molecule has 1 aromatic carbocycles. The first kappa shape index (κ1) is 16.5. The minimum Gasteiger partial charge on any atom is -0.497 e. The van der Waals surface area contributed by atoms with Crippen molar-refractivity contribution in [2.24, 2.45) is 0 Å². The number of ether oxygens (including phenoxy) is 2. The fourth-order valence-electron chi connectivity index (χ4n) is 3.45. The Hall–Kier alpha value is -2.96. The maximum Gasteiger partial charge on any atom is 0.252 e. The van der Waals surface area contributed by atoms with Gasteiger partial charge in [-0.1, -0.05) is 13.0 Å². The number of benzene rings is 1. The highest BCUT2D eigenvalue weighted by Gasteiger charge is 2.30. The Labute approximate surface area is 151 Å². The first-order valence-electron chi connectivity index (χ1n) is 8.63. The topological polar surface area (TPSA) is 78.6 Å². The minimum absolute atomic E-state index is 0.0133. The summed E-state index contributed by atoms with van der Waals surface area (Å²) in [5.41, 5.74) is 2.39. The zero-order valence-corrected chi connectivity index (χ0v) is 15.0. The fraction of sp³-hybridized carbons (Fsp3) is 0.368. The summed E-state index contributed by atoms with van der Waals surface area (Å²) in [5, 5.41) is 4.35. The van der Waals surface area contributed by atoms with Crippen LogP contribution in [0.3, 0.4) is 0 Å². The summed E-state index contributed by atoms with van der Waals surface area (Å²) in [6.07, 6.45) is 3.56. The van der Waals surface area contributed by atoms with Crippen LogP contribution in [0.2, 0.25) is 0 Å². The molecule has 0 bridgehead atoms. The summed E-state index contributed by atoms with van der Waals surface area (Å²) in [7, 11) is 3.24. The molecule has 0 saturated carbocycles. The number of rotatable bonds is 4. The molecule has 7 nitrogen and oxygen atoms in total. The molecule has 0 saturated heterocycles. The van der Waals surface area contributed by atoms with Gasteiger partial charge in [0.15, 0.2) is 11.6 Å². The Morgan fingerprint density at radius 3 is 2.77 bits per heavy atom. The third-order valence-corrected chi connectivity index (χ3v) is 4.82. The Morgan fingerprint density at radius 1 is 1.19 bits per heavy atom. The second kappa shape index (κ2) is 6.40. The molecule has 0 unspecified atom stereocenters. The number of nitrogens with zero attached hydrogens (tertiary/aromatic N) is 4. The van der Waals surface area contributed by atoms with E-state index >= 15 is 0 Å². The number of hydrogen-bond donors (Lipinski definition) is 0. The summed E-state index contributed by atoms with van der Waals surface area (Å²) in [6.45, 7) is 1.99. The van der Waals surface area contributed by atoms with Crippen LogP contribution in [0.1, 0.15) is 46.7 Å². The van der Waals surface area contributed by atoms with Crippen molar-refractivity contribution in [2.45, 2.75) is 32.1 Å². The largest absolute Gasteiger partial charge is 0.497 e. The molecule has 3 aromatic rings. The van der Waals surface area contributed by atoms with Crippen molar-refractivity contribution in [3.63, 3.8) is 0 Å². The van der Waals surface area contributed by atoms with Gasteiger partial charge in [-0.2, -0.15) is 4.98 Å². The predicted octanol–water partition coefficient (Wildman–Crippen LogP) is 2.62. The summed E-state index contributed by atoms with van der Waals surface area (Å²) in [4.78, 5) is 21.8. The average Bonchev–Trinajstić information content (AvgIpc) is 3.08. The zero-order valence-electron chi connectivity index (χ0n) is 15.0. The van der Waals surface area contributed by atoms with E-state index in [0.29, 0.717) is 24.2 Å². The lowest BCUT2D eigenvalue weighted by molar-refractivity contribution is 0.0962. The van der Waals surface area contributed by atoms with Gasteiger partial charge in [0.1, 0.15) is 11.5 Å². The van der Waals surface area contributed by atoms with Crippen LogP contribution in [-0.4, -0.2) is 39.6 Å². The highest BCUT2D eigenvalue weighted by atomic mass is 16.5. The van der Waals surface area contributed by atoms with Crippen LogP contribution in [0, 0.1) is 0 Å². The van der Waals surface area contributed by atoms with Crippen molar-refractivity contribution in [3.8, 4) is 11.5 Å². The molecule has 2 aromatic heterocycles. The van der Waals surface area contributed by atoms with E-state index < -0.39 is 0 Å². The molecule has 0 fully saturated rings. The number of hydrogen-bond acceptors (Lipinski definition) is 6. The first-order valence-corrected chi connectivity index (χ1v) is 8.63. The smallest absolute Gasteiger partial charge is 0.252 e. The number of carbonyl (C=O) groups is 1. The minimum atomic E-state index is 0.0133. The van der Waals surface area contributed by atoms with Gasteiger partial charge in [-0.3, -0.25) is 4.79 Å². The molecule has 134 valence electrons. The number of aryl methyl sites for hydroxylation is 1. The van der Waals surface area contributed by atoms with Gasteiger partial charge in [-0.15, -0.1) is 5.10 Å². The number of carbonyl (C=O) groups excluding carboxylic acids is 1. The second-order valence-corrected chi connectivity index (χ2v) is 6.36. The third kappa shape index (κ3) is 2.69. The van der Waals surface area contributed by atoms with Crippen molar-refractivity contribution in [2.75, 3.05) is 14.2 Å². The van der Waals surface area contributed by atoms with Crippen molar-refractivity contribution >= 4 is 11.6 Å². The molecule has 26 heavy (non-hydrogen) atoms. The van der Waals surface area contributed by atoms with E-state index in [1.165, 1.54) is 0 Å². The lowest BCUT2D eigenvalue weighted by Crippen LogP contribution is -2.21. The van der Waals surface area contributed by atoms with E-state index in [-0.39, 0.29) is 11.7 Å². The maximum absolute atomic E-state index is 12.7. The van der Waals surface area contributed by atoms with Crippen molar-refractivity contribution < 1.29 is 14.3 Å². The van der Waals surface area contributed by atoms with Crippen LogP contribution in [0.25, 0.3) is 5.78 Å². The van der Waals surface area contributed by atoms with Crippen molar-refractivity contribution in [3.05, 3.63) is 47.0 Å². The quantitative estimate of drug-likeness (QED) is 0.718. The number of aromatic nitrogens is 4. The third-order valence-electron chi connectivity index (χ3n) is 4.82. The van der Waals surface area contributed by atoms with E-state index in [4.69, 9.17) is 9.47 Å². The van der Waals surface area contributed by atoms with E-state index in [1.54, 1.807) is 24.9 Å². The predicted molar refractivity (Wildman–Crippen MR) is 95.1 cm³/mol. The lowest BCUT2D eigenvalue weighted by Gasteiger charge is -2.24. The fourth-order valence-corrected chi connectivity index (χ4v) is 3.45. The number of ketones is 1. The molecule has 0 spiro atoms. The highest BCUT2D eigenvalue weighted by Crippen LogP contribution is 2.38. The molecule has 0 radical (unpaired) electrons. The molecule has 1 aliphatic carbocycles. The van der Waals surface area contributed by atoms with Crippen LogP contribution in [0.5, 0.6) is 11.5 Å². The highest BCUT2D eigenvalue weighted by molar-refractivity contribution is 5.98. The van der Waals surface area contributed by atoms with Crippen molar-refractivity contribution in [1.29, 1.82) is 0 Å². The van der Waals surface area contributed by atoms with Crippen LogP contribution >= 0.6 is 0 Å². The van der Waals surface area contributed by atoms with E-state index in [1.807, 2.05) is 25.1 Å². The van der Waals surface area contributed by atoms with Crippen LogP contribution in [0.15, 0.2) is 24.4 Å². The van der Waals surface area contributed by atoms with E-state index in [2.05, 4.69) is 15.1 Å². The van der Waals surface area contributed by atoms with Gasteiger partial charge in [-0.25, -0.2) is 9.50 Å². The molecule has 2 heterocycles. The van der Waals surface area contributed by atoms with Crippen LogP contribution < -0.4 is 9.47 Å². The Morgan fingerprint density at radius 2 is 2.04 bits per heavy atom. The summed E-state index contributed by atoms with van der Waals surface area (Å²) < 4.78 is 12.4. The molecule has 7 heteroatoms. The molecule has 0 N–H and O–H groups in total. The lowest BCUT2D eigenvalue weighted by atomic mass is 9.82. The molecule has 4 rings (SSSR count). The van der Waals surface area contributed by atoms with Gasteiger partial charge in [0, 0.05) is 31.0 Å². The molecular weight excluding hydrogens is 332 g/mol. The maximum atomic E-state index is 12.7. The summed E-state index contributed by atoms with van der Waals surface area (Å²) >= 11 is 0. The Kier molecular flexibility index (Phi) is 4.06. The molecule has 1 atom stereocenters. The van der Waals surface area contributed by atoms with Gasteiger partial charge < -0.3 is 9.47 Å². The zero-order chi connectivity index (χ0) is 18.3. The van der Waals surface area contributed by atoms with Crippen molar-refractivity contribution in [1.82, 2.24) is 19.6 Å². The second-order valence-electron chi connectivity index (χ2n) is 6.36. The number of methoxy groups -OCH3 is 2. The molecule has 0 amide bonds. The molecule has 1 aliphatic rings. The Balaban J connectivity index is 1.74. The van der Waals surface area contributed by atoms with Gasteiger partial charge in [0.25, 0.3) is 5.78 Å². The summed E-state index contributed by atoms with van der Waals surface area (Å²) in [5.74, 6) is 2.79. The number of Topliss-reactive ketones (excluding diaryl/α,β-unsaturated/α-hetero) is 1. The summed E-state index contributed by atoms with van der Waals surface area (Å²) in [6, 6.07) is 5.70. The molecular formula is C19H20N4O3.